The van der Waals surface area contributed by atoms with Gasteiger partial charge in [-0.25, -0.2) is 9.97 Å². The van der Waals surface area contributed by atoms with E-state index < -0.39 is 0 Å². The summed E-state index contributed by atoms with van der Waals surface area (Å²) in [4.78, 5) is 9.21. The van der Waals surface area contributed by atoms with Gasteiger partial charge in [0, 0.05) is 10.9 Å². The lowest BCUT2D eigenvalue weighted by Crippen LogP contribution is -2.09. The zero-order valence-electron chi connectivity index (χ0n) is 12.3. The molecule has 0 N–H and O–H groups in total. The third-order valence-corrected chi connectivity index (χ3v) is 3.67. The topological polar surface area (TPSA) is 35.0 Å². The Kier molecular flexibility index (Phi) is 4.61. The van der Waals surface area contributed by atoms with Gasteiger partial charge in [0.15, 0.2) is 5.75 Å². The number of ether oxygens (including phenoxy) is 1. The zero-order valence-corrected chi connectivity index (χ0v) is 13.0. The normalized spacial score (nSPS) is 12.2. The molecule has 1 heterocycles. The Hall–Kier alpha value is -1.61. The summed E-state index contributed by atoms with van der Waals surface area (Å²) >= 11 is 5.95. The van der Waals surface area contributed by atoms with Crippen molar-refractivity contribution in [1.82, 2.24) is 9.97 Å². The third kappa shape index (κ3) is 2.93. The van der Waals surface area contributed by atoms with Crippen LogP contribution in [0.1, 0.15) is 42.0 Å². The van der Waals surface area contributed by atoms with Crippen molar-refractivity contribution in [2.75, 3.05) is 7.11 Å². The molecular weight excluding hydrogens is 272 g/mol. The Bertz CT molecular complexity index is 573. The number of benzene rings is 1. The number of halogens is 1. The fourth-order valence-electron chi connectivity index (χ4n) is 2.45. The van der Waals surface area contributed by atoms with Crippen LogP contribution < -0.4 is 4.74 Å². The molecule has 0 saturated carbocycles. The van der Waals surface area contributed by atoms with Crippen molar-refractivity contribution in [2.45, 2.75) is 33.1 Å². The van der Waals surface area contributed by atoms with E-state index in [0.717, 1.165) is 34.4 Å². The maximum absolute atomic E-state index is 5.95. The van der Waals surface area contributed by atoms with Crippen LogP contribution in [0.2, 0.25) is 5.02 Å². The van der Waals surface area contributed by atoms with Gasteiger partial charge in [0.05, 0.1) is 18.5 Å². The predicted octanol–water partition coefficient (Wildman–Crippen LogP) is 4.30. The van der Waals surface area contributed by atoms with Gasteiger partial charge in [0.25, 0.3) is 0 Å². The largest absolute Gasteiger partial charge is 0.493 e. The van der Waals surface area contributed by atoms with Crippen LogP contribution in [0.4, 0.5) is 0 Å². The maximum Gasteiger partial charge on any atom is 0.161 e. The van der Waals surface area contributed by atoms with Gasteiger partial charge in [-0.15, -0.1) is 0 Å². The summed E-state index contributed by atoms with van der Waals surface area (Å²) in [6, 6.07) is 7.88. The molecule has 0 spiro atoms. The Morgan fingerprint density at radius 3 is 2.10 bits per heavy atom. The first-order valence-corrected chi connectivity index (χ1v) is 7.09. The minimum atomic E-state index is 0.176. The SMILES string of the molecule is CCC(c1ccc(Cl)cc1)c1nc(C)c(OC)c(C)n1. The number of methoxy groups -OCH3 is 1. The van der Waals surface area contributed by atoms with Crippen LogP contribution in [-0.2, 0) is 0 Å². The maximum atomic E-state index is 5.95. The second-order valence-electron chi connectivity index (χ2n) is 4.80. The van der Waals surface area contributed by atoms with Crippen LogP contribution in [0.15, 0.2) is 24.3 Å². The second-order valence-corrected chi connectivity index (χ2v) is 5.23. The van der Waals surface area contributed by atoms with Crippen LogP contribution in [0.5, 0.6) is 5.75 Å². The molecule has 2 rings (SSSR count). The number of nitrogens with zero attached hydrogens (tertiary/aromatic N) is 2. The van der Waals surface area contributed by atoms with E-state index in [1.54, 1.807) is 7.11 Å². The molecule has 1 aromatic heterocycles. The van der Waals surface area contributed by atoms with Crippen molar-refractivity contribution < 1.29 is 4.74 Å². The van der Waals surface area contributed by atoms with Gasteiger partial charge >= 0.3 is 0 Å². The van der Waals surface area contributed by atoms with E-state index in [-0.39, 0.29) is 5.92 Å². The predicted molar refractivity (Wildman–Crippen MR) is 81.6 cm³/mol. The Labute approximate surface area is 125 Å². The van der Waals surface area contributed by atoms with Crippen LogP contribution >= 0.6 is 11.6 Å². The van der Waals surface area contributed by atoms with Crippen molar-refractivity contribution in [1.29, 1.82) is 0 Å². The summed E-state index contributed by atoms with van der Waals surface area (Å²) in [6.07, 6.45) is 0.937. The number of rotatable bonds is 4. The van der Waals surface area contributed by atoms with E-state index in [0.29, 0.717) is 0 Å². The number of hydrogen-bond acceptors (Lipinski definition) is 3. The first-order valence-electron chi connectivity index (χ1n) is 6.71. The third-order valence-electron chi connectivity index (χ3n) is 3.42. The van der Waals surface area contributed by atoms with E-state index >= 15 is 0 Å². The van der Waals surface area contributed by atoms with Gasteiger partial charge in [-0.3, -0.25) is 0 Å². The van der Waals surface area contributed by atoms with Gasteiger partial charge in [0.1, 0.15) is 5.82 Å². The lowest BCUT2D eigenvalue weighted by atomic mass is 9.95. The van der Waals surface area contributed by atoms with Gasteiger partial charge in [-0.05, 0) is 38.0 Å². The van der Waals surface area contributed by atoms with Gasteiger partial charge in [0.2, 0.25) is 0 Å². The fraction of sp³-hybridized carbons (Fsp3) is 0.375. The van der Waals surface area contributed by atoms with E-state index in [4.69, 9.17) is 16.3 Å². The smallest absolute Gasteiger partial charge is 0.161 e. The van der Waals surface area contributed by atoms with E-state index in [9.17, 15) is 0 Å². The molecule has 0 bridgehead atoms. The van der Waals surface area contributed by atoms with Crippen molar-refractivity contribution in [3.63, 3.8) is 0 Å². The lowest BCUT2D eigenvalue weighted by Gasteiger charge is -2.17. The number of hydrogen-bond donors (Lipinski definition) is 0. The molecule has 3 nitrogen and oxygen atoms in total. The first kappa shape index (κ1) is 14.8. The molecule has 0 aliphatic carbocycles. The Morgan fingerprint density at radius 2 is 1.65 bits per heavy atom. The molecule has 106 valence electrons. The highest BCUT2D eigenvalue weighted by atomic mass is 35.5. The second kappa shape index (κ2) is 6.23. The highest BCUT2D eigenvalue weighted by molar-refractivity contribution is 6.30. The van der Waals surface area contributed by atoms with Crippen molar-refractivity contribution in [3.8, 4) is 5.75 Å². The van der Waals surface area contributed by atoms with Crippen molar-refractivity contribution in [3.05, 3.63) is 52.1 Å². The molecule has 0 amide bonds. The summed E-state index contributed by atoms with van der Waals surface area (Å²) in [5, 5.41) is 0.742. The minimum absolute atomic E-state index is 0.176. The summed E-state index contributed by atoms with van der Waals surface area (Å²) in [7, 11) is 1.65. The van der Waals surface area contributed by atoms with Crippen molar-refractivity contribution in [2.24, 2.45) is 0 Å². The number of aromatic nitrogens is 2. The van der Waals surface area contributed by atoms with Crippen LogP contribution in [0, 0.1) is 13.8 Å². The summed E-state index contributed by atoms with van der Waals surface area (Å²) in [6.45, 7) is 6.04. The lowest BCUT2D eigenvalue weighted by molar-refractivity contribution is 0.401. The Morgan fingerprint density at radius 1 is 1.10 bits per heavy atom. The molecule has 0 aliphatic rings. The van der Waals surface area contributed by atoms with Crippen LogP contribution in [0.25, 0.3) is 0 Å². The molecule has 0 aliphatic heterocycles. The highest BCUT2D eigenvalue weighted by Crippen LogP contribution is 2.29. The van der Waals surface area contributed by atoms with Crippen molar-refractivity contribution >= 4 is 11.6 Å². The van der Waals surface area contributed by atoms with Crippen LogP contribution in [-0.4, -0.2) is 17.1 Å². The van der Waals surface area contributed by atoms with Gasteiger partial charge < -0.3 is 4.74 Å². The van der Waals surface area contributed by atoms with Gasteiger partial charge in [-0.2, -0.15) is 0 Å². The van der Waals surface area contributed by atoms with E-state index in [1.165, 1.54) is 5.56 Å². The molecular formula is C16H19ClN2O. The Balaban J connectivity index is 2.44. The fourth-order valence-corrected chi connectivity index (χ4v) is 2.57. The summed E-state index contributed by atoms with van der Waals surface area (Å²) < 4.78 is 5.32. The molecule has 1 atom stereocenters. The monoisotopic (exact) mass is 290 g/mol. The van der Waals surface area contributed by atoms with Crippen LogP contribution in [0.3, 0.4) is 0 Å². The molecule has 1 unspecified atom stereocenters. The average Bonchev–Trinajstić information content (AvgIpc) is 2.41. The highest BCUT2D eigenvalue weighted by Gasteiger charge is 2.18. The molecule has 20 heavy (non-hydrogen) atoms. The quantitative estimate of drug-likeness (QED) is 0.842. The average molecular weight is 291 g/mol. The molecule has 0 radical (unpaired) electrons. The molecule has 2 aromatic rings. The summed E-state index contributed by atoms with van der Waals surface area (Å²) in [5.41, 5.74) is 2.94. The first-order chi connectivity index (χ1) is 9.56. The van der Waals surface area contributed by atoms with Gasteiger partial charge in [-0.1, -0.05) is 30.7 Å². The van der Waals surface area contributed by atoms with E-state index in [2.05, 4.69) is 16.9 Å². The minimum Gasteiger partial charge on any atom is -0.493 e. The zero-order chi connectivity index (χ0) is 14.7. The molecule has 0 fully saturated rings. The van der Waals surface area contributed by atoms with E-state index in [1.807, 2.05) is 38.1 Å². The molecule has 1 aromatic carbocycles. The number of aryl methyl sites for hydroxylation is 2. The molecule has 0 saturated heterocycles. The summed E-state index contributed by atoms with van der Waals surface area (Å²) in [5.74, 6) is 1.78. The standard InChI is InChI=1S/C16H19ClN2O/c1-5-14(12-6-8-13(17)9-7-12)16-18-10(2)15(20-4)11(3)19-16/h6-9,14H,5H2,1-4H3. The molecule has 4 heteroatoms.